The largest absolute Gasteiger partial charge is 0.363 e. The highest BCUT2D eigenvalue weighted by atomic mass is 15.1. The summed E-state index contributed by atoms with van der Waals surface area (Å²) in [6, 6.07) is 7.62. The third-order valence-electron chi connectivity index (χ3n) is 3.03. The number of hydrogen-bond donors (Lipinski definition) is 1. The van der Waals surface area contributed by atoms with Crippen LogP contribution in [0.2, 0.25) is 0 Å². The third kappa shape index (κ3) is 3.41. The highest BCUT2D eigenvalue weighted by Gasteiger charge is 2.05. The van der Waals surface area contributed by atoms with E-state index in [1.54, 1.807) is 18.6 Å². The molecule has 0 unspecified atom stereocenters. The molecule has 0 bridgehead atoms. The molecule has 1 N–H and O–H groups in total. The van der Waals surface area contributed by atoms with E-state index in [2.05, 4.69) is 30.2 Å². The highest BCUT2D eigenvalue weighted by molar-refractivity contribution is 5.58. The van der Waals surface area contributed by atoms with E-state index in [-0.39, 0.29) is 0 Å². The molecule has 3 aromatic rings. The maximum atomic E-state index is 4.43. The second-order valence-corrected chi connectivity index (χ2v) is 4.93. The number of rotatable bonds is 4. The van der Waals surface area contributed by atoms with E-state index in [4.69, 9.17) is 0 Å². The van der Waals surface area contributed by atoms with Crippen LogP contribution in [0.5, 0.6) is 0 Å². The summed E-state index contributed by atoms with van der Waals surface area (Å²) < 4.78 is 0. The van der Waals surface area contributed by atoms with Gasteiger partial charge in [-0.1, -0.05) is 6.07 Å². The lowest BCUT2D eigenvalue weighted by molar-refractivity contribution is 0.923. The highest BCUT2D eigenvalue weighted by Crippen LogP contribution is 2.17. The molecule has 6 heteroatoms. The van der Waals surface area contributed by atoms with E-state index in [1.165, 1.54) is 0 Å². The molecule has 0 saturated heterocycles. The normalized spacial score (nSPS) is 10.5. The molecule has 0 aliphatic rings. The zero-order valence-electron chi connectivity index (χ0n) is 12.5. The minimum atomic E-state index is 0.512. The molecule has 0 amide bonds. The van der Waals surface area contributed by atoms with Crippen molar-refractivity contribution >= 4 is 5.82 Å². The molecule has 0 aliphatic heterocycles. The second kappa shape index (κ2) is 6.26. The van der Waals surface area contributed by atoms with Crippen LogP contribution in [0.25, 0.3) is 11.4 Å². The SMILES string of the molecule is Cc1cnc(CNc2cc(-c3ccccn3)nc(C)n2)nc1. The van der Waals surface area contributed by atoms with Gasteiger partial charge in [0.05, 0.1) is 17.9 Å². The Morgan fingerprint density at radius 2 is 1.77 bits per heavy atom. The van der Waals surface area contributed by atoms with Crippen molar-refractivity contribution in [2.24, 2.45) is 0 Å². The Balaban J connectivity index is 1.79. The molecule has 0 aliphatic carbocycles. The topological polar surface area (TPSA) is 76.5 Å². The van der Waals surface area contributed by atoms with Gasteiger partial charge in [-0.25, -0.2) is 19.9 Å². The van der Waals surface area contributed by atoms with Crippen LogP contribution in [-0.2, 0) is 6.54 Å². The summed E-state index contributed by atoms with van der Waals surface area (Å²) in [5.41, 5.74) is 2.65. The molecule has 6 nitrogen and oxygen atoms in total. The first kappa shape index (κ1) is 14.1. The van der Waals surface area contributed by atoms with Gasteiger partial charge in [0.25, 0.3) is 0 Å². The number of nitrogens with one attached hydrogen (secondary N) is 1. The van der Waals surface area contributed by atoms with Gasteiger partial charge in [-0.05, 0) is 31.5 Å². The standard InChI is InChI=1S/C16H16N6/c1-11-8-18-16(19-9-11)10-20-15-7-14(21-12(2)22-15)13-5-3-4-6-17-13/h3-9H,10H2,1-2H3,(H,20,21,22). The Kier molecular flexibility index (Phi) is 4.00. The van der Waals surface area contributed by atoms with Crippen LogP contribution in [0.4, 0.5) is 5.82 Å². The maximum Gasteiger partial charge on any atom is 0.147 e. The second-order valence-electron chi connectivity index (χ2n) is 4.93. The van der Waals surface area contributed by atoms with E-state index in [1.807, 2.05) is 38.1 Å². The lowest BCUT2D eigenvalue weighted by atomic mass is 10.2. The lowest BCUT2D eigenvalue weighted by Gasteiger charge is -2.08. The van der Waals surface area contributed by atoms with Gasteiger partial charge in [-0.3, -0.25) is 4.98 Å². The Hall–Kier alpha value is -2.89. The van der Waals surface area contributed by atoms with Gasteiger partial charge in [-0.15, -0.1) is 0 Å². The average Bonchev–Trinajstić information content (AvgIpc) is 2.55. The maximum absolute atomic E-state index is 4.43. The monoisotopic (exact) mass is 292 g/mol. The van der Waals surface area contributed by atoms with Crippen molar-refractivity contribution in [3.05, 3.63) is 60.1 Å². The van der Waals surface area contributed by atoms with Gasteiger partial charge in [0.1, 0.15) is 17.5 Å². The quantitative estimate of drug-likeness (QED) is 0.796. The predicted molar refractivity (Wildman–Crippen MR) is 84.1 cm³/mol. The van der Waals surface area contributed by atoms with E-state index < -0.39 is 0 Å². The average molecular weight is 292 g/mol. The zero-order valence-corrected chi connectivity index (χ0v) is 12.5. The molecule has 3 aromatic heterocycles. The number of aromatic nitrogens is 5. The molecule has 0 fully saturated rings. The van der Waals surface area contributed by atoms with Crippen LogP contribution in [0.1, 0.15) is 17.2 Å². The summed E-state index contributed by atoms with van der Waals surface area (Å²) in [7, 11) is 0. The van der Waals surface area contributed by atoms with Gasteiger partial charge in [0.15, 0.2) is 0 Å². The van der Waals surface area contributed by atoms with Crippen molar-refractivity contribution in [1.82, 2.24) is 24.9 Å². The van der Waals surface area contributed by atoms with E-state index in [0.717, 1.165) is 28.6 Å². The van der Waals surface area contributed by atoms with Gasteiger partial charge >= 0.3 is 0 Å². The summed E-state index contributed by atoms with van der Waals surface area (Å²) in [5.74, 6) is 2.15. The fourth-order valence-corrected chi connectivity index (χ4v) is 1.98. The van der Waals surface area contributed by atoms with Crippen molar-refractivity contribution in [2.45, 2.75) is 20.4 Å². The molecular weight excluding hydrogens is 276 g/mol. The molecule has 0 radical (unpaired) electrons. The Labute approximate surface area is 128 Å². The first-order valence-corrected chi connectivity index (χ1v) is 6.99. The molecule has 0 saturated carbocycles. The Bertz CT molecular complexity index is 755. The van der Waals surface area contributed by atoms with Crippen molar-refractivity contribution in [1.29, 1.82) is 0 Å². The summed E-state index contributed by atoms with van der Waals surface area (Å²) in [6.07, 6.45) is 5.35. The van der Waals surface area contributed by atoms with Crippen molar-refractivity contribution in [2.75, 3.05) is 5.32 Å². The third-order valence-corrected chi connectivity index (χ3v) is 3.03. The first-order chi connectivity index (χ1) is 10.7. The van der Waals surface area contributed by atoms with Crippen molar-refractivity contribution in [3.8, 4) is 11.4 Å². The number of hydrogen-bond acceptors (Lipinski definition) is 6. The van der Waals surface area contributed by atoms with Crippen LogP contribution in [0.3, 0.4) is 0 Å². The van der Waals surface area contributed by atoms with E-state index in [9.17, 15) is 0 Å². The minimum absolute atomic E-state index is 0.512. The molecule has 0 spiro atoms. The number of pyridine rings is 1. The predicted octanol–water partition coefficient (Wildman–Crippen LogP) is 2.56. The number of anilines is 1. The molecule has 3 rings (SSSR count). The van der Waals surface area contributed by atoms with Crippen LogP contribution in [0.15, 0.2) is 42.9 Å². The van der Waals surface area contributed by atoms with Gasteiger partial charge in [0.2, 0.25) is 0 Å². The molecular formula is C16H16N6. The lowest BCUT2D eigenvalue weighted by Crippen LogP contribution is -2.07. The summed E-state index contributed by atoms with van der Waals surface area (Å²) in [6.45, 7) is 4.34. The fourth-order valence-electron chi connectivity index (χ4n) is 1.98. The van der Waals surface area contributed by atoms with E-state index in [0.29, 0.717) is 12.4 Å². The van der Waals surface area contributed by atoms with Crippen molar-refractivity contribution < 1.29 is 0 Å². The Morgan fingerprint density at radius 3 is 2.50 bits per heavy atom. The molecule has 0 atom stereocenters. The molecule has 0 aromatic carbocycles. The number of aryl methyl sites for hydroxylation is 2. The molecule has 110 valence electrons. The Morgan fingerprint density at radius 1 is 0.955 bits per heavy atom. The van der Waals surface area contributed by atoms with Gasteiger partial charge < -0.3 is 5.32 Å². The van der Waals surface area contributed by atoms with Crippen LogP contribution in [0, 0.1) is 13.8 Å². The van der Waals surface area contributed by atoms with E-state index >= 15 is 0 Å². The minimum Gasteiger partial charge on any atom is -0.363 e. The van der Waals surface area contributed by atoms with Gasteiger partial charge in [-0.2, -0.15) is 0 Å². The first-order valence-electron chi connectivity index (χ1n) is 6.99. The molecule has 3 heterocycles. The van der Waals surface area contributed by atoms with Crippen LogP contribution >= 0.6 is 0 Å². The number of nitrogens with zero attached hydrogens (tertiary/aromatic N) is 5. The molecule has 22 heavy (non-hydrogen) atoms. The summed E-state index contributed by atoms with van der Waals surface area (Å²) >= 11 is 0. The fraction of sp³-hybridized carbons (Fsp3) is 0.188. The van der Waals surface area contributed by atoms with Crippen LogP contribution < -0.4 is 5.32 Å². The smallest absolute Gasteiger partial charge is 0.147 e. The summed E-state index contributed by atoms with van der Waals surface area (Å²) in [5, 5.41) is 3.23. The van der Waals surface area contributed by atoms with Crippen LogP contribution in [-0.4, -0.2) is 24.9 Å². The zero-order chi connectivity index (χ0) is 15.4. The summed E-state index contributed by atoms with van der Waals surface area (Å²) in [4.78, 5) is 21.7. The van der Waals surface area contributed by atoms with Crippen molar-refractivity contribution in [3.63, 3.8) is 0 Å². The van der Waals surface area contributed by atoms with Gasteiger partial charge in [0, 0.05) is 24.7 Å².